The van der Waals surface area contributed by atoms with Gasteiger partial charge in [-0.3, -0.25) is 11.3 Å². The Balaban J connectivity index is 2.19. The van der Waals surface area contributed by atoms with Gasteiger partial charge in [-0.05, 0) is 19.4 Å². The number of fused-ring (bicyclic) bond motifs is 1. The Labute approximate surface area is 96.3 Å². The number of hydrogen-bond donors (Lipinski definition) is 2. The second kappa shape index (κ2) is 4.68. The van der Waals surface area contributed by atoms with E-state index in [4.69, 9.17) is 10.6 Å². The summed E-state index contributed by atoms with van der Waals surface area (Å²) in [5.41, 5.74) is 5.25. The van der Waals surface area contributed by atoms with Gasteiger partial charge in [0.2, 0.25) is 0 Å². The lowest BCUT2D eigenvalue weighted by molar-refractivity contribution is 0.297. The van der Waals surface area contributed by atoms with E-state index in [1.54, 1.807) is 0 Å². The first-order valence-electron chi connectivity index (χ1n) is 5.54. The summed E-state index contributed by atoms with van der Waals surface area (Å²) in [5, 5.41) is 0. The Morgan fingerprint density at radius 2 is 2.38 bits per heavy atom. The van der Waals surface area contributed by atoms with Gasteiger partial charge in [0.25, 0.3) is 0 Å². The van der Waals surface area contributed by atoms with Gasteiger partial charge in [0, 0.05) is 17.5 Å². The minimum Gasteiger partial charge on any atom is -0.493 e. The summed E-state index contributed by atoms with van der Waals surface area (Å²) in [6, 6.07) is 8.33. The fourth-order valence-electron chi connectivity index (χ4n) is 2.21. The molecule has 0 radical (unpaired) electrons. The van der Waals surface area contributed by atoms with E-state index >= 15 is 0 Å². The Hall–Kier alpha value is -1.32. The molecule has 1 aliphatic rings. The highest BCUT2D eigenvalue weighted by atomic mass is 16.5. The normalized spacial score (nSPS) is 20.0. The Kier molecular flexibility index (Phi) is 3.27. The van der Waals surface area contributed by atoms with Gasteiger partial charge in [-0.2, -0.15) is 0 Å². The predicted octanol–water partition coefficient (Wildman–Crippen LogP) is 1.96. The third-order valence-electron chi connectivity index (χ3n) is 3.01. The monoisotopic (exact) mass is 218 g/mol. The van der Waals surface area contributed by atoms with Gasteiger partial charge < -0.3 is 4.74 Å². The molecule has 3 N–H and O–H groups in total. The van der Waals surface area contributed by atoms with Crippen LogP contribution in [0.5, 0.6) is 5.75 Å². The molecule has 0 fully saturated rings. The standard InChI is InChI=1S/C13H18N2O/c1-9(2)7-12(15-14)11-8-16-13-6-4-3-5-10(11)13/h3-6,11-12,15H,1,7-8,14H2,2H3. The molecule has 3 heteroatoms. The molecule has 16 heavy (non-hydrogen) atoms. The molecular formula is C13H18N2O. The van der Waals surface area contributed by atoms with Gasteiger partial charge in [0.1, 0.15) is 5.75 Å². The van der Waals surface area contributed by atoms with E-state index in [0.717, 1.165) is 17.7 Å². The minimum atomic E-state index is 0.196. The Morgan fingerprint density at radius 1 is 1.62 bits per heavy atom. The van der Waals surface area contributed by atoms with Crippen molar-refractivity contribution in [3.63, 3.8) is 0 Å². The number of benzene rings is 1. The van der Waals surface area contributed by atoms with Crippen molar-refractivity contribution in [1.29, 1.82) is 0 Å². The van der Waals surface area contributed by atoms with Gasteiger partial charge in [0.15, 0.2) is 0 Å². The van der Waals surface area contributed by atoms with Crippen LogP contribution in [-0.4, -0.2) is 12.6 Å². The molecular weight excluding hydrogens is 200 g/mol. The molecule has 1 aromatic carbocycles. The average Bonchev–Trinajstić information content (AvgIpc) is 2.69. The summed E-state index contributed by atoms with van der Waals surface area (Å²) in [7, 11) is 0. The fraction of sp³-hybridized carbons (Fsp3) is 0.385. The molecule has 0 saturated heterocycles. The van der Waals surface area contributed by atoms with Crippen LogP contribution in [0.25, 0.3) is 0 Å². The van der Waals surface area contributed by atoms with Crippen molar-refractivity contribution in [3.05, 3.63) is 42.0 Å². The molecule has 0 amide bonds. The number of nitrogens with two attached hydrogens (primary N) is 1. The topological polar surface area (TPSA) is 47.3 Å². The van der Waals surface area contributed by atoms with Gasteiger partial charge in [-0.1, -0.05) is 23.8 Å². The quantitative estimate of drug-likeness (QED) is 0.461. The smallest absolute Gasteiger partial charge is 0.122 e. The fourth-order valence-corrected chi connectivity index (χ4v) is 2.21. The lowest BCUT2D eigenvalue weighted by Crippen LogP contribution is -2.40. The molecule has 1 aromatic rings. The van der Waals surface area contributed by atoms with E-state index in [1.165, 1.54) is 5.56 Å². The summed E-state index contributed by atoms with van der Waals surface area (Å²) in [4.78, 5) is 0. The highest BCUT2D eigenvalue weighted by Gasteiger charge is 2.30. The molecule has 0 aromatic heterocycles. The number of ether oxygens (including phenoxy) is 1. The molecule has 86 valence electrons. The maximum atomic E-state index is 5.65. The molecule has 0 spiro atoms. The molecule has 0 aliphatic carbocycles. The highest BCUT2D eigenvalue weighted by molar-refractivity contribution is 5.40. The van der Waals surface area contributed by atoms with E-state index in [0.29, 0.717) is 12.5 Å². The summed E-state index contributed by atoms with van der Waals surface area (Å²) in [6.07, 6.45) is 0.874. The van der Waals surface area contributed by atoms with Crippen molar-refractivity contribution in [2.45, 2.75) is 25.3 Å². The van der Waals surface area contributed by atoms with Gasteiger partial charge in [-0.15, -0.1) is 6.58 Å². The number of hydrogen-bond acceptors (Lipinski definition) is 3. The van der Waals surface area contributed by atoms with Crippen LogP contribution >= 0.6 is 0 Å². The van der Waals surface area contributed by atoms with Gasteiger partial charge >= 0.3 is 0 Å². The predicted molar refractivity (Wildman–Crippen MR) is 65.2 cm³/mol. The molecule has 3 nitrogen and oxygen atoms in total. The van der Waals surface area contributed by atoms with Crippen molar-refractivity contribution in [3.8, 4) is 5.75 Å². The number of nitrogens with one attached hydrogen (secondary N) is 1. The molecule has 1 heterocycles. The molecule has 2 unspecified atom stereocenters. The van der Waals surface area contributed by atoms with Crippen LogP contribution in [0.1, 0.15) is 24.8 Å². The van der Waals surface area contributed by atoms with E-state index in [-0.39, 0.29) is 6.04 Å². The summed E-state index contributed by atoms with van der Waals surface area (Å²) < 4.78 is 5.65. The third kappa shape index (κ3) is 2.10. The van der Waals surface area contributed by atoms with Crippen molar-refractivity contribution in [2.24, 2.45) is 5.84 Å². The van der Waals surface area contributed by atoms with Crippen molar-refractivity contribution in [2.75, 3.05) is 6.61 Å². The number of hydrazine groups is 1. The minimum absolute atomic E-state index is 0.196. The molecule has 2 rings (SSSR count). The van der Waals surface area contributed by atoms with Crippen LogP contribution in [0, 0.1) is 0 Å². The van der Waals surface area contributed by atoms with Crippen LogP contribution in [0.15, 0.2) is 36.4 Å². The van der Waals surface area contributed by atoms with E-state index < -0.39 is 0 Å². The first kappa shape index (κ1) is 11.2. The maximum Gasteiger partial charge on any atom is 0.122 e. The van der Waals surface area contributed by atoms with Crippen molar-refractivity contribution < 1.29 is 4.74 Å². The first-order chi connectivity index (χ1) is 7.72. The van der Waals surface area contributed by atoms with Crippen molar-refractivity contribution in [1.82, 2.24) is 5.43 Å². The third-order valence-corrected chi connectivity index (χ3v) is 3.01. The Bertz CT molecular complexity index is 389. The number of rotatable bonds is 4. The summed E-state index contributed by atoms with van der Waals surface area (Å²) in [6.45, 7) is 6.65. The lowest BCUT2D eigenvalue weighted by atomic mass is 9.90. The second-order valence-electron chi connectivity index (χ2n) is 4.39. The summed E-state index contributed by atoms with van der Waals surface area (Å²) in [5.74, 6) is 6.91. The zero-order valence-electron chi connectivity index (χ0n) is 9.57. The average molecular weight is 218 g/mol. The van der Waals surface area contributed by atoms with Crippen molar-refractivity contribution >= 4 is 0 Å². The zero-order valence-corrected chi connectivity index (χ0v) is 9.57. The van der Waals surface area contributed by atoms with Crippen LogP contribution in [-0.2, 0) is 0 Å². The molecule has 0 saturated carbocycles. The highest BCUT2D eigenvalue weighted by Crippen LogP contribution is 2.36. The second-order valence-corrected chi connectivity index (χ2v) is 4.39. The SMILES string of the molecule is C=C(C)CC(NN)C1COc2ccccc21. The van der Waals surface area contributed by atoms with E-state index in [1.807, 2.05) is 25.1 Å². The lowest BCUT2D eigenvalue weighted by Gasteiger charge is -2.21. The van der Waals surface area contributed by atoms with Crippen LogP contribution < -0.4 is 16.0 Å². The van der Waals surface area contributed by atoms with E-state index in [9.17, 15) is 0 Å². The summed E-state index contributed by atoms with van der Waals surface area (Å²) >= 11 is 0. The Morgan fingerprint density at radius 3 is 3.06 bits per heavy atom. The van der Waals surface area contributed by atoms with Crippen LogP contribution in [0.2, 0.25) is 0 Å². The first-order valence-corrected chi connectivity index (χ1v) is 5.54. The molecule has 0 bridgehead atoms. The molecule has 1 aliphatic heterocycles. The molecule has 2 atom stereocenters. The largest absolute Gasteiger partial charge is 0.493 e. The van der Waals surface area contributed by atoms with E-state index in [2.05, 4.69) is 18.1 Å². The van der Waals surface area contributed by atoms with Gasteiger partial charge in [0.05, 0.1) is 6.61 Å². The number of para-hydroxylation sites is 1. The van der Waals surface area contributed by atoms with Crippen LogP contribution in [0.3, 0.4) is 0 Å². The van der Waals surface area contributed by atoms with Gasteiger partial charge in [-0.25, -0.2) is 0 Å². The van der Waals surface area contributed by atoms with Crippen LogP contribution in [0.4, 0.5) is 0 Å². The zero-order chi connectivity index (χ0) is 11.5. The maximum absolute atomic E-state index is 5.65.